The standard InChI is InChI=1S/C30H32BrFN2O3/c31-24-17-15-23(16-18-24)20-34(29(35)21-37-28-14-8-7-13-26(28)32)27(19-22-9-3-1-4-10-22)30(36)33-25-11-5-2-6-12-25/h1,3-4,7-10,13-18,25,27H,2,5-6,11-12,19-21H2,(H,33,36)/t27-/m1/s1. The van der Waals surface area contributed by atoms with Gasteiger partial charge in [-0.1, -0.05) is 89.8 Å². The molecule has 0 spiro atoms. The minimum absolute atomic E-state index is 0.00529. The predicted octanol–water partition coefficient (Wildman–Crippen LogP) is 6.06. The van der Waals surface area contributed by atoms with E-state index in [0.717, 1.165) is 41.3 Å². The Morgan fingerprint density at radius 2 is 1.59 bits per heavy atom. The zero-order valence-electron chi connectivity index (χ0n) is 20.7. The number of amides is 2. The van der Waals surface area contributed by atoms with Crippen LogP contribution in [0.4, 0.5) is 4.39 Å². The van der Waals surface area contributed by atoms with Crippen molar-refractivity contribution in [2.75, 3.05) is 6.61 Å². The average molecular weight is 567 g/mol. The van der Waals surface area contributed by atoms with Crippen molar-refractivity contribution in [2.24, 2.45) is 0 Å². The number of para-hydroxylation sites is 1. The second-order valence-corrected chi connectivity index (χ2v) is 10.3. The molecule has 3 aromatic carbocycles. The third-order valence-electron chi connectivity index (χ3n) is 6.68. The van der Waals surface area contributed by atoms with Gasteiger partial charge in [-0.3, -0.25) is 9.59 Å². The predicted molar refractivity (Wildman–Crippen MR) is 146 cm³/mol. The molecular weight excluding hydrogens is 535 g/mol. The Hall–Kier alpha value is -3.19. The van der Waals surface area contributed by atoms with Crippen LogP contribution in [0, 0.1) is 5.82 Å². The highest BCUT2D eigenvalue weighted by molar-refractivity contribution is 9.10. The topological polar surface area (TPSA) is 58.6 Å². The lowest BCUT2D eigenvalue weighted by Crippen LogP contribution is -2.53. The molecule has 37 heavy (non-hydrogen) atoms. The lowest BCUT2D eigenvalue weighted by molar-refractivity contribution is -0.143. The summed E-state index contributed by atoms with van der Waals surface area (Å²) in [5.74, 6) is -1.09. The molecule has 1 N–H and O–H groups in total. The van der Waals surface area contributed by atoms with Crippen LogP contribution < -0.4 is 10.1 Å². The number of benzene rings is 3. The molecule has 1 fully saturated rings. The molecule has 2 amide bonds. The second kappa shape index (κ2) is 13.4. The van der Waals surface area contributed by atoms with E-state index in [1.807, 2.05) is 54.6 Å². The Morgan fingerprint density at radius 3 is 2.30 bits per heavy atom. The zero-order valence-corrected chi connectivity index (χ0v) is 22.3. The third kappa shape index (κ3) is 7.89. The van der Waals surface area contributed by atoms with Crippen molar-refractivity contribution < 1.29 is 18.7 Å². The van der Waals surface area contributed by atoms with E-state index in [1.54, 1.807) is 17.0 Å². The maximum Gasteiger partial charge on any atom is 0.261 e. The van der Waals surface area contributed by atoms with Crippen LogP contribution in [-0.4, -0.2) is 35.4 Å². The van der Waals surface area contributed by atoms with Crippen molar-refractivity contribution in [3.05, 3.63) is 100 Å². The minimum atomic E-state index is -0.746. The molecule has 0 aliphatic heterocycles. The molecule has 7 heteroatoms. The molecule has 1 aliphatic rings. The van der Waals surface area contributed by atoms with Gasteiger partial charge in [0.15, 0.2) is 18.2 Å². The summed E-state index contributed by atoms with van der Waals surface area (Å²) in [6, 6.07) is 22.7. The van der Waals surface area contributed by atoms with Gasteiger partial charge in [-0.2, -0.15) is 0 Å². The SMILES string of the molecule is O=C(NC1CCCCC1)[C@@H](Cc1ccccc1)N(Cc1ccc(Br)cc1)C(=O)COc1ccccc1F. The molecule has 0 bridgehead atoms. The first-order chi connectivity index (χ1) is 18.0. The van der Waals surface area contributed by atoms with Crippen LogP contribution in [0.3, 0.4) is 0 Å². The Labute approximate surface area is 226 Å². The van der Waals surface area contributed by atoms with Gasteiger partial charge in [0.1, 0.15) is 6.04 Å². The fourth-order valence-corrected chi connectivity index (χ4v) is 4.93. The molecular formula is C30H32BrFN2O3. The van der Waals surface area contributed by atoms with Crippen molar-refractivity contribution >= 4 is 27.7 Å². The lowest BCUT2D eigenvalue weighted by Gasteiger charge is -2.33. The highest BCUT2D eigenvalue weighted by Crippen LogP contribution is 2.21. The summed E-state index contributed by atoms with van der Waals surface area (Å²) in [5.41, 5.74) is 1.83. The molecule has 1 aliphatic carbocycles. The van der Waals surface area contributed by atoms with Crippen molar-refractivity contribution in [3.8, 4) is 5.75 Å². The number of ether oxygens (including phenoxy) is 1. The summed E-state index contributed by atoms with van der Waals surface area (Å²) in [4.78, 5) is 28.9. The van der Waals surface area contributed by atoms with Gasteiger partial charge in [-0.15, -0.1) is 0 Å². The largest absolute Gasteiger partial charge is 0.481 e. The van der Waals surface area contributed by atoms with Gasteiger partial charge in [0.2, 0.25) is 5.91 Å². The number of hydrogen-bond acceptors (Lipinski definition) is 3. The summed E-state index contributed by atoms with van der Waals surface area (Å²) in [7, 11) is 0. The summed E-state index contributed by atoms with van der Waals surface area (Å²) in [5, 5.41) is 3.21. The van der Waals surface area contributed by atoms with Crippen molar-refractivity contribution in [2.45, 2.75) is 57.2 Å². The molecule has 194 valence electrons. The van der Waals surface area contributed by atoms with Crippen molar-refractivity contribution in [1.82, 2.24) is 10.2 Å². The van der Waals surface area contributed by atoms with Crippen LogP contribution in [0.1, 0.15) is 43.2 Å². The van der Waals surface area contributed by atoms with Crippen LogP contribution in [0.2, 0.25) is 0 Å². The number of carbonyl (C=O) groups excluding carboxylic acids is 2. The second-order valence-electron chi connectivity index (χ2n) is 9.42. The number of nitrogens with one attached hydrogen (secondary N) is 1. The summed E-state index contributed by atoms with van der Waals surface area (Å²) < 4.78 is 20.6. The highest BCUT2D eigenvalue weighted by Gasteiger charge is 2.32. The molecule has 0 saturated heterocycles. The van der Waals surface area contributed by atoms with E-state index in [9.17, 15) is 14.0 Å². The maximum absolute atomic E-state index is 14.1. The van der Waals surface area contributed by atoms with Crippen LogP contribution in [0.15, 0.2) is 83.3 Å². The highest BCUT2D eigenvalue weighted by atomic mass is 79.9. The lowest BCUT2D eigenvalue weighted by atomic mass is 9.94. The Bertz CT molecular complexity index is 1170. The molecule has 5 nitrogen and oxygen atoms in total. The molecule has 0 unspecified atom stereocenters. The fraction of sp³-hybridized carbons (Fsp3) is 0.333. The fourth-order valence-electron chi connectivity index (χ4n) is 4.67. The monoisotopic (exact) mass is 566 g/mol. The van der Waals surface area contributed by atoms with E-state index < -0.39 is 11.9 Å². The molecule has 1 saturated carbocycles. The van der Waals surface area contributed by atoms with Gasteiger partial charge in [0, 0.05) is 23.5 Å². The quantitative estimate of drug-likeness (QED) is 0.324. The van der Waals surface area contributed by atoms with Crippen LogP contribution in [0.25, 0.3) is 0 Å². The van der Waals surface area contributed by atoms with E-state index in [0.29, 0.717) is 6.42 Å². The number of nitrogens with zero attached hydrogens (tertiary/aromatic N) is 1. The smallest absolute Gasteiger partial charge is 0.261 e. The normalized spacial score (nSPS) is 14.5. The molecule has 3 aromatic rings. The third-order valence-corrected chi connectivity index (χ3v) is 7.21. The first-order valence-corrected chi connectivity index (χ1v) is 13.5. The average Bonchev–Trinajstić information content (AvgIpc) is 2.92. The van der Waals surface area contributed by atoms with E-state index in [4.69, 9.17) is 4.74 Å². The summed E-state index contributed by atoms with van der Waals surface area (Å²) in [6.07, 6.45) is 5.61. The molecule has 0 heterocycles. The molecule has 1 atom stereocenters. The molecule has 0 aromatic heterocycles. The van der Waals surface area contributed by atoms with Crippen molar-refractivity contribution in [3.63, 3.8) is 0 Å². The Balaban J connectivity index is 1.61. The maximum atomic E-state index is 14.1. The zero-order chi connectivity index (χ0) is 26.0. The molecule has 0 radical (unpaired) electrons. The number of hydrogen-bond donors (Lipinski definition) is 1. The van der Waals surface area contributed by atoms with Crippen molar-refractivity contribution in [1.29, 1.82) is 0 Å². The number of carbonyl (C=O) groups is 2. The van der Waals surface area contributed by atoms with Gasteiger partial charge in [0.05, 0.1) is 0 Å². The number of halogens is 2. The van der Waals surface area contributed by atoms with E-state index in [1.165, 1.54) is 18.6 Å². The van der Waals surface area contributed by atoms with E-state index in [2.05, 4.69) is 21.2 Å². The first kappa shape index (κ1) is 26.9. The van der Waals surface area contributed by atoms with E-state index in [-0.39, 0.29) is 36.8 Å². The molecule has 4 rings (SSSR count). The van der Waals surface area contributed by atoms with Crippen LogP contribution >= 0.6 is 15.9 Å². The van der Waals surface area contributed by atoms with Crippen LogP contribution in [-0.2, 0) is 22.6 Å². The van der Waals surface area contributed by atoms with E-state index >= 15 is 0 Å². The Morgan fingerprint density at radius 1 is 0.919 bits per heavy atom. The number of rotatable bonds is 10. The van der Waals surface area contributed by atoms with Gasteiger partial charge in [-0.25, -0.2) is 4.39 Å². The van der Waals surface area contributed by atoms with Gasteiger partial charge in [-0.05, 0) is 48.2 Å². The van der Waals surface area contributed by atoms with Gasteiger partial charge in [0.25, 0.3) is 5.91 Å². The Kier molecular flexibility index (Phi) is 9.71. The summed E-state index contributed by atoms with van der Waals surface area (Å²) in [6.45, 7) is -0.151. The van der Waals surface area contributed by atoms with Gasteiger partial charge >= 0.3 is 0 Å². The first-order valence-electron chi connectivity index (χ1n) is 12.7. The van der Waals surface area contributed by atoms with Crippen LogP contribution in [0.5, 0.6) is 5.75 Å². The minimum Gasteiger partial charge on any atom is -0.481 e. The summed E-state index contributed by atoms with van der Waals surface area (Å²) >= 11 is 3.45. The van der Waals surface area contributed by atoms with Gasteiger partial charge < -0.3 is 15.0 Å².